The summed E-state index contributed by atoms with van der Waals surface area (Å²) in [5, 5.41) is 26.3. The van der Waals surface area contributed by atoms with Crippen molar-refractivity contribution in [1.82, 2.24) is 0 Å². The Kier molecular flexibility index (Phi) is 14.2. The second-order valence-corrected chi connectivity index (χ2v) is 7.04. The highest BCUT2D eigenvalue weighted by Gasteiger charge is 2.16. The van der Waals surface area contributed by atoms with Gasteiger partial charge in [-0.05, 0) is 60.3 Å². The first-order chi connectivity index (χ1) is 12.7. The number of hydrogen-bond donors (Lipinski definition) is 1. The molecule has 12 nitrogen and oxygen atoms in total. The number of carbonyl (C=O) groups is 2. The first kappa shape index (κ1) is 27.6. The normalized spacial score (nSPS) is 12.6. The molecule has 0 rings (SSSR count). The van der Waals surface area contributed by atoms with Crippen LogP contribution < -0.4 is 0 Å². The van der Waals surface area contributed by atoms with Gasteiger partial charge in [-0.25, -0.2) is 0 Å². The first-order valence-corrected chi connectivity index (χ1v) is 8.79. The Morgan fingerprint density at radius 1 is 0.929 bits per heavy atom. The first-order valence-electron chi connectivity index (χ1n) is 8.79. The van der Waals surface area contributed by atoms with Crippen molar-refractivity contribution in [3.05, 3.63) is 20.2 Å². The Balaban J connectivity index is 0. The lowest BCUT2D eigenvalue weighted by Gasteiger charge is -2.19. The summed E-state index contributed by atoms with van der Waals surface area (Å²) in [6.45, 7) is 8.51. The molecule has 0 aromatic rings. The van der Waals surface area contributed by atoms with Crippen molar-refractivity contribution in [3.8, 4) is 0 Å². The Labute approximate surface area is 163 Å². The lowest BCUT2D eigenvalue weighted by molar-refractivity contribution is -0.767. The van der Waals surface area contributed by atoms with Gasteiger partial charge in [0.25, 0.3) is 10.2 Å². The van der Waals surface area contributed by atoms with Crippen molar-refractivity contribution in [1.29, 1.82) is 0 Å². The van der Waals surface area contributed by atoms with E-state index < -0.39 is 34.0 Å². The summed E-state index contributed by atoms with van der Waals surface area (Å²) in [4.78, 5) is 49.5. The minimum Gasteiger partial charge on any atom is -0.481 e. The van der Waals surface area contributed by atoms with Crippen LogP contribution in [0.25, 0.3) is 0 Å². The lowest BCUT2D eigenvalue weighted by Crippen LogP contribution is -2.24. The molecule has 12 heteroatoms. The maximum atomic E-state index is 11.3. The van der Waals surface area contributed by atoms with Crippen LogP contribution >= 0.6 is 0 Å². The summed E-state index contributed by atoms with van der Waals surface area (Å²) in [5.41, 5.74) is -0.486. The monoisotopic (exact) mass is 410 g/mol. The van der Waals surface area contributed by atoms with Gasteiger partial charge < -0.3 is 19.5 Å². The predicted molar refractivity (Wildman–Crippen MR) is 96.3 cm³/mol. The van der Waals surface area contributed by atoms with E-state index in [1.54, 1.807) is 27.7 Å². The molecule has 0 fully saturated rings. The molecule has 0 aromatic carbocycles. The second kappa shape index (κ2) is 14.4. The summed E-state index contributed by atoms with van der Waals surface area (Å²) in [6.07, 6.45) is 1.01. The maximum absolute atomic E-state index is 11.3. The van der Waals surface area contributed by atoms with Gasteiger partial charge in [0.1, 0.15) is 17.8 Å². The molecule has 0 aromatic heterocycles. The minimum absolute atomic E-state index is 0.0193. The fraction of sp³-hybridized carbons (Fsp3) is 0.875. The molecule has 0 radical (unpaired) electrons. The van der Waals surface area contributed by atoms with Gasteiger partial charge in [-0.3, -0.25) is 9.59 Å². The van der Waals surface area contributed by atoms with Crippen molar-refractivity contribution in [3.63, 3.8) is 0 Å². The molecular formula is C16H30N2O10. The van der Waals surface area contributed by atoms with E-state index >= 15 is 0 Å². The fourth-order valence-corrected chi connectivity index (χ4v) is 1.87. The van der Waals surface area contributed by atoms with E-state index in [1.165, 1.54) is 6.92 Å². The smallest absolute Gasteiger partial charge is 0.306 e. The van der Waals surface area contributed by atoms with Crippen molar-refractivity contribution in [2.24, 2.45) is 0 Å². The summed E-state index contributed by atoms with van der Waals surface area (Å²) < 4.78 is 5.09. The topological polar surface area (TPSA) is 168 Å². The zero-order valence-corrected chi connectivity index (χ0v) is 16.9. The summed E-state index contributed by atoms with van der Waals surface area (Å²) >= 11 is 0. The highest BCUT2D eigenvalue weighted by Crippen LogP contribution is 2.11. The van der Waals surface area contributed by atoms with Gasteiger partial charge >= 0.3 is 11.9 Å². The number of rotatable bonds is 12. The van der Waals surface area contributed by atoms with Crippen LogP contribution in [-0.2, 0) is 24.0 Å². The van der Waals surface area contributed by atoms with Crippen LogP contribution in [0.3, 0.4) is 0 Å². The molecule has 2 atom stereocenters. The van der Waals surface area contributed by atoms with Crippen molar-refractivity contribution >= 4 is 11.9 Å². The molecule has 0 aliphatic heterocycles. The number of esters is 1. The van der Waals surface area contributed by atoms with Crippen LogP contribution in [0, 0.1) is 20.2 Å². The molecule has 0 aliphatic rings. The van der Waals surface area contributed by atoms with E-state index in [4.69, 9.17) is 9.84 Å². The number of carboxylic acid groups (broad SMARTS) is 1. The lowest BCUT2D eigenvalue weighted by atomic mass is 10.1. The third kappa shape index (κ3) is 23.3. The van der Waals surface area contributed by atoms with Crippen LogP contribution in [0.2, 0.25) is 0 Å². The molecule has 28 heavy (non-hydrogen) atoms. The Morgan fingerprint density at radius 2 is 1.32 bits per heavy atom. The van der Waals surface area contributed by atoms with E-state index in [0.717, 1.165) is 0 Å². The van der Waals surface area contributed by atoms with Crippen LogP contribution in [-0.4, -0.2) is 45.0 Å². The van der Waals surface area contributed by atoms with Crippen LogP contribution in [0.1, 0.15) is 73.1 Å². The fourth-order valence-electron chi connectivity index (χ4n) is 1.87. The second-order valence-electron chi connectivity index (χ2n) is 7.04. The molecule has 0 saturated carbocycles. The van der Waals surface area contributed by atoms with Crippen LogP contribution in [0.15, 0.2) is 0 Å². The van der Waals surface area contributed by atoms with Crippen LogP contribution in [0.4, 0.5) is 0 Å². The molecular weight excluding hydrogens is 380 g/mol. The van der Waals surface area contributed by atoms with E-state index in [-0.39, 0.29) is 18.8 Å². The summed E-state index contributed by atoms with van der Waals surface area (Å²) in [6, 6.07) is 0. The van der Waals surface area contributed by atoms with Gasteiger partial charge in [0.15, 0.2) is 0 Å². The van der Waals surface area contributed by atoms with Gasteiger partial charge in [0.05, 0.1) is 0 Å². The largest absolute Gasteiger partial charge is 0.481 e. The number of nitrogens with zero attached hydrogens (tertiary/aromatic N) is 2. The predicted octanol–water partition coefficient (Wildman–Crippen LogP) is 2.93. The van der Waals surface area contributed by atoms with Crippen LogP contribution in [0.5, 0.6) is 0 Å². The highest BCUT2D eigenvalue weighted by atomic mass is 17.0. The average molecular weight is 410 g/mol. The standard InChI is InChI=1S/C10H19NO5.C6H11NO5/c1-8(16-11(13)14)6-5-7-9(12)15-10(2,3)4;1-5(12-7(10)11)3-2-4-6(8)9/h8H,5-7H2,1-4H3;5H,2-4H2,1H3,(H,8,9). The zero-order valence-electron chi connectivity index (χ0n) is 16.9. The van der Waals surface area contributed by atoms with E-state index in [2.05, 4.69) is 9.68 Å². The molecule has 0 heterocycles. The molecule has 0 spiro atoms. The number of carboxylic acids is 1. The number of carbonyl (C=O) groups excluding carboxylic acids is 1. The quantitative estimate of drug-likeness (QED) is 0.287. The number of hydrogen-bond acceptors (Lipinski definition) is 9. The van der Waals surface area contributed by atoms with Gasteiger partial charge in [-0.2, -0.15) is 0 Å². The Morgan fingerprint density at radius 3 is 1.64 bits per heavy atom. The minimum atomic E-state index is -0.900. The van der Waals surface area contributed by atoms with Crippen molar-refractivity contribution in [2.45, 2.75) is 91.0 Å². The molecule has 0 saturated heterocycles. The Bertz CT molecular complexity index is 504. The Hall–Kier alpha value is -2.66. The zero-order chi connectivity index (χ0) is 22.3. The van der Waals surface area contributed by atoms with E-state index in [1.807, 2.05) is 0 Å². The van der Waals surface area contributed by atoms with Gasteiger partial charge in [0, 0.05) is 12.8 Å². The molecule has 0 amide bonds. The van der Waals surface area contributed by atoms with Gasteiger partial charge in [-0.1, -0.05) is 0 Å². The van der Waals surface area contributed by atoms with E-state index in [0.29, 0.717) is 25.7 Å². The summed E-state index contributed by atoms with van der Waals surface area (Å²) in [7, 11) is 0. The number of aliphatic carboxylic acids is 1. The average Bonchev–Trinajstić information content (AvgIpc) is 2.43. The van der Waals surface area contributed by atoms with Crippen molar-refractivity contribution < 1.29 is 39.3 Å². The molecule has 0 aliphatic carbocycles. The van der Waals surface area contributed by atoms with Gasteiger partial charge in [-0.15, -0.1) is 20.2 Å². The van der Waals surface area contributed by atoms with Gasteiger partial charge in [0.2, 0.25) is 0 Å². The van der Waals surface area contributed by atoms with E-state index in [9.17, 15) is 29.8 Å². The third-order valence-corrected chi connectivity index (χ3v) is 2.94. The SMILES string of the molecule is CC(CCCC(=O)O)O[N+](=O)[O-].CC(CCCC(=O)OC(C)(C)C)O[N+](=O)[O-]. The maximum Gasteiger partial charge on any atom is 0.306 e. The summed E-state index contributed by atoms with van der Waals surface area (Å²) in [5.74, 6) is -1.19. The highest BCUT2D eigenvalue weighted by molar-refractivity contribution is 5.69. The van der Waals surface area contributed by atoms with Crippen molar-refractivity contribution in [2.75, 3.05) is 0 Å². The molecule has 0 bridgehead atoms. The molecule has 2 unspecified atom stereocenters. The third-order valence-electron chi connectivity index (χ3n) is 2.94. The molecule has 164 valence electrons. The number of ether oxygens (including phenoxy) is 1. The molecule has 1 N–H and O–H groups in total.